The van der Waals surface area contributed by atoms with Crippen LogP contribution < -0.4 is 10.6 Å². The maximum atomic E-state index is 12.8. The van der Waals surface area contributed by atoms with Crippen LogP contribution in [0.3, 0.4) is 0 Å². The SMILES string of the molecule is O=C(c1cn(CCC2CCCCN2)nn1)N1CCN(CC2CCNCC2)CC1. The molecule has 3 fully saturated rings. The van der Waals surface area contributed by atoms with Crippen LogP contribution in [-0.2, 0) is 6.54 Å². The van der Waals surface area contributed by atoms with E-state index in [4.69, 9.17) is 0 Å². The summed E-state index contributed by atoms with van der Waals surface area (Å²) in [6.07, 6.45) is 9.25. The first kappa shape index (κ1) is 19.8. The Hall–Kier alpha value is -1.51. The van der Waals surface area contributed by atoms with Crippen molar-refractivity contribution in [1.82, 2.24) is 35.4 Å². The zero-order valence-corrected chi connectivity index (χ0v) is 17.0. The van der Waals surface area contributed by atoms with Crippen molar-refractivity contribution in [2.75, 3.05) is 52.4 Å². The average Bonchev–Trinajstić information content (AvgIpc) is 3.23. The van der Waals surface area contributed by atoms with E-state index in [0.29, 0.717) is 11.7 Å². The summed E-state index contributed by atoms with van der Waals surface area (Å²) >= 11 is 0. The number of carbonyl (C=O) groups excluding carboxylic acids is 1. The van der Waals surface area contributed by atoms with Crippen LogP contribution in [0.15, 0.2) is 6.20 Å². The largest absolute Gasteiger partial charge is 0.335 e. The summed E-state index contributed by atoms with van der Waals surface area (Å²) in [5, 5.41) is 15.3. The fourth-order valence-corrected chi connectivity index (χ4v) is 4.69. The third kappa shape index (κ3) is 5.30. The van der Waals surface area contributed by atoms with E-state index in [0.717, 1.165) is 64.7 Å². The molecule has 0 aromatic carbocycles. The first-order valence-electron chi connectivity index (χ1n) is 11.1. The number of rotatable bonds is 6. The fourth-order valence-electron chi connectivity index (χ4n) is 4.69. The second-order valence-corrected chi connectivity index (χ2v) is 8.59. The van der Waals surface area contributed by atoms with Gasteiger partial charge in [-0.2, -0.15) is 0 Å². The smallest absolute Gasteiger partial charge is 0.276 e. The van der Waals surface area contributed by atoms with Gasteiger partial charge in [-0.1, -0.05) is 11.6 Å². The lowest BCUT2D eigenvalue weighted by Gasteiger charge is -2.37. The highest BCUT2D eigenvalue weighted by molar-refractivity contribution is 5.92. The molecule has 156 valence electrons. The molecule has 0 bridgehead atoms. The second kappa shape index (κ2) is 9.80. The number of nitrogens with zero attached hydrogens (tertiary/aromatic N) is 5. The lowest BCUT2D eigenvalue weighted by atomic mass is 9.97. The van der Waals surface area contributed by atoms with Crippen LogP contribution in [0.2, 0.25) is 0 Å². The predicted octanol–water partition coefficient (Wildman–Crippen LogP) is 0.568. The number of hydrogen-bond donors (Lipinski definition) is 2. The lowest BCUT2D eigenvalue weighted by molar-refractivity contribution is 0.0602. The Morgan fingerprint density at radius 3 is 2.64 bits per heavy atom. The summed E-state index contributed by atoms with van der Waals surface area (Å²) in [4.78, 5) is 17.2. The highest BCUT2D eigenvalue weighted by Crippen LogP contribution is 2.16. The van der Waals surface area contributed by atoms with Gasteiger partial charge < -0.3 is 15.5 Å². The number of carbonyl (C=O) groups is 1. The number of aryl methyl sites for hydroxylation is 1. The molecule has 1 aromatic rings. The molecule has 1 unspecified atom stereocenters. The zero-order chi connectivity index (χ0) is 19.2. The van der Waals surface area contributed by atoms with Gasteiger partial charge in [-0.05, 0) is 57.7 Å². The molecule has 0 spiro atoms. The Balaban J connectivity index is 1.21. The highest BCUT2D eigenvalue weighted by Gasteiger charge is 2.26. The predicted molar refractivity (Wildman–Crippen MR) is 108 cm³/mol. The van der Waals surface area contributed by atoms with Crippen LogP contribution in [0.4, 0.5) is 0 Å². The van der Waals surface area contributed by atoms with Gasteiger partial charge >= 0.3 is 0 Å². The van der Waals surface area contributed by atoms with Crippen LogP contribution in [-0.4, -0.2) is 89.1 Å². The Labute approximate surface area is 168 Å². The topological polar surface area (TPSA) is 78.3 Å². The van der Waals surface area contributed by atoms with Crippen molar-refractivity contribution in [2.45, 2.75) is 51.1 Å². The Morgan fingerprint density at radius 2 is 1.89 bits per heavy atom. The van der Waals surface area contributed by atoms with E-state index in [1.54, 1.807) is 0 Å². The maximum Gasteiger partial charge on any atom is 0.276 e. The average molecular weight is 390 g/mol. The molecule has 0 aliphatic carbocycles. The fraction of sp³-hybridized carbons (Fsp3) is 0.850. The molecule has 4 heterocycles. The van der Waals surface area contributed by atoms with Gasteiger partial charge in [0.1, 0.15) is 0 Å². The van der Waals surface area contributed by atoms with Gasteiger partial charge in [-0.3, -0.25) is 14.4 Å². The molecule has 4 rings (SSSR count). The third-order valence-electron chi connectivity index (χ3n) is 6.51. The number of nitrogens with one attached hydrogen (secondary N) is 2. The monoisotopic (exact) mass is 389 g/mol. The summed E-state index contributed by atoms with van der Waals surface area (Å²) in [6.45, 7) is 8.94. The minimum absolute atomic E-state index is 0.0311. The van der Waals surface area contributed by atoms with Crippen molar-refractivity contribution in [2.24, 2.45) is 5.92 Å². The van der Waals surface area contributed by atoms with E-state index >= 15 is 0 Å². The molecular formula is C20H35N7O. The highest BCUT2D eigenvalue weighted by atomic mass is 16.2. The van der Waals surface area contributed by atoms with E-state index in [2.05, 4.69) is 25.8 Å². The molecule has 28 heavy (non-hydrogen) atoms. The maximum absolute atomic E-state index is 12.8. The van der Waals surface area contributed by atoms with Crippen LogP contribution in [0.25, 0.3) is 0 Å². The molecule has 1 aromatic heterocycles. The van der Waals surface area contributed by atoms with Gasteiger partial charge in [0.15, 0.2) is 5.69 Å². The second-order valence-electron chi connectivity index (χ2n) is 8.59. The Morgan fingerprint density at radius 1 is 1.07 bits per heavy atom. The zero-order valence-electron chi connectivity index (χ0n) is 17.0. The van der Waals surface area contributed by atoms with E-state index < -0.39 is 0 Å². The van der Waals surface area contributed by atoms with Gasteiger partial charge in [-0.15, -0.1) is 5.10 Å². The molecule has 0 radical (unpaired) electrons. The molecule has 3 saturated heterocycles. The van der Waals surface area contributed by atoms with Gasteiger partial charge in [0, 0.05) is 45.3 Å². The van der Waals surface area contributed by atoms with Gasteiger partial charge in [0.25, 0.3) is 5.91 Å². The van der Waals surface area contributed by atoms with Crippen molar-refractivity contribution in [3.8, 4) is 0 Å². The van der Waals surface area contributed by atoms with E-state index in [9.17, 15) is 4.79 Å². The molecule has 3 aliphatic heterocycles. The minimum atomic E-state index is 0.0311. The summed E-state index contributed by atoms with van der Waals surface area (Å²) in [5.74, 6) is 0.839. The van der Waals surface area contributed by atoms with Crippen molar-refractivity contribution in [1.29, 1.82) is 0 Å². The van der Waals surface area contributed by atoms with Crippen LogP contribution in [0.1, 0.15) is 49.0 Å². The third-order valence-corrected chi connectivity index (χ3v) is 6.51. The first-order valence-corrected chi connectivity index (χ1v) is 11.1. The van der Waals surface area contributed by atoms with E-state index in [1.807, 2.05) is 15.8 Å². The van der Waals surface area contributed by atoms with Crippen molar-refractivity contribution in [3.05, 3.63) is 11.9 Å². The molecule has 0 saturated carbocycles. The van der Waals surface area contributed by atoms with Crippen molar-refractivity contribution < 1.29 is 4.79 Å². The Bertz CT molecular complexity index is 614. The number of piperazine rings is 1. The quantitative estimate of drug-likeness (QED) is 0.741. The molecule has 3 aliphatic rings. The molecule has 8 nitrogen and oxygen atoms in total. The first-order chi connectivity index (χ1) is 13.8. The van der Waals surface area contributed by atoms with Crippen LogP contribution in [0.5, 0.6) is 0 Å². The van der Waals surface area contributed by atoms with Crippen LogP contribution >= 0.6 is 0 Å². The summed E-state index contributed by atoms with van der Waals surface area (Å²) in [5.41, 5.74) is 0.489. The molecule has 8 heteroatoms. The number of hydrogen-bond acceptors (Lipinski definition) is 6. The standard InChI is InChI=1S/C20H35N7O/c28-20(19-16-27(24-23-19)10-6-18-3-1-2-7-22-18)26-13-11-25(12-14-26)15-17-4-8-21-9-5-17/h16-18,21-22H,1-15H2. The lowest BCUT2D eigenvalue weighted by Crippen LogP contribution is -2.50. The number of amides is 1. The molecular weight excluding hydrogens is 354 g/mol. The van der Waals surface area contributed by atoms with E-state index in [-0.39, 0.29) is 5.91 Å². The van der Waals surface area contributed by atoms with Crippen LogP contribution in [0, 0.1) is 5.92 Å². The van der Waals surface area contributed by atoms with Crippen molar-refractivity contribution >= 4 is 5.91 Å². The summed E-state index contributed by atoms with van der Waals surface area (Å²) < 4.78 is 1.83. The normalized spacial score (nSPS) is 25.1. The number of aromatic nitrogens is 3. The van der Waals surface area contributed by atoms with Gasteiger partial charge in [0.05, 0.1) is 6.20 Å². The van der Waals surface area contributed by atoms with Gasteiger partial charge in [-0.25, -0.2) is 0 Å². The minimum Gasteiger partial charge on any atom is -0.335 e. The summed E-state index contributed by atoms with van der Waals surface area (Å²) in [6, 6.07) is 0.574. The Kier molecular flexibility index (Phi) is 6.93. The number of piperidine rings is 2. The molecule has 1 amide bonds. The summed E-state index contributed by atoms with van der Waals surface area (Å²) in [7, 11) is 0. The van der Waals surface area contributed by atoms with Crippen molar-refractivity contribution in [3.63, 3.8) is 0 Å². The molecule has 2 N–H and O–H groups in total. The van der Waals surface area contributed by atoms with E-state index in [1.165, 1.54) is 38.6 Å². The molecule has 1 atom stereocenters. The van der Waals surface area contributed by atoms with Gasteiger partial charge in [0.2, 0.25) is 0 Å².